The van der Waals surface area contributed by atoms with Gasteiger partial charge in [0, 0.05) is 9.58 Å². The molecule has 0 bridgehead atoms. The number of rotatable bonds is 5. The molecule has 0 saturated carbocycles. The Hall–Kier alpha value is -2.69. The number of thiophene rings is 1. The van der Waals surface area contributed by atoms with E-state index in [1.54, 1.807) is 18.3 Å². The maximum atomic E-state index is 12.5. The number of nitrogens with one attached hydrogen (secondary N) is 1. The first-order valence-electron chi connectivity index (χ1n) is 8.98. The predicted molar refractivity (Wildman–Crippen MR) is 112 cm³/mol. The highest BCUT2D eigenvalue weighted by atomic mass is 32.1. The predicted octanol–water partition coefficient (Wildman–Crippen LogP) is 4.62. The smallest absolute Gasteiger partial charge is 0.224 e. The number of carbonyl (C=O) groups is 1. The number of aliphatic hydroxyl groups is 1. The van der Waals surface area contributed by atoms with Gasteiger partial charge in [-0.25, -0.2) is 0 Å². The molecule has 0 unspecified atom stereocenters. The average molecular weight is 375 g/mol. The van der Waals surface area contributed by atoms with Gasteiger partial charge in [0.25, 0.3) is 0 Å². The Kier molecular flexibility index (Phi) is 4.68. The molecule has 1 atom stereocenters. The van der Waals surface area contributed by atoms with Gasteiger partial charge >= 0.3 is 0 Å². The van der Waals surface area contributed by atoms with Crippen molar-refractivity contribution in [2.75, 3.05) is 6.54 Å². The van der Waals surface area contributed by atoms with Gasteiger partial charge in [0.2, 0.25) is 5.91 Å². The minimum absolute atomic E-state index is 0.0901. The van der Waals surface area contributed by atoms with Crippen LogP contribution in [0.4, 0.5) is 0 Å². The van der Waals surface area contributed by atoms with Crippen molar-refractivity contribution in [2.24, 2.45) is 0 Å². The van der Waals surface area contributed by atoms with E-state index in [-0.39, 0.29) is 12.5 Å². The Labute approximate surface area is 162 Å². The van der Waals surface area contributed by atoms with Crippen LogP contribution in [0.25, 0.3) is 20.9 Å². The molecule has 0 fully saturated rings. The van der Waals surface area contributed by atoms with Gasteiger partial charge in [0.15, 0.2) is 0 Å². The van der Waals surface area contributed by atoms with Crippen LogP contribution in [0.2, 0.25) is 0 Å². The summed E-state index contributed by atoms with van der Waals surface area (Å²) in [6, 6.07) is 24.1. The normalized spacial score (nSPS) is 13.6. The standard InChI is InChI=1S/C23H21NO2S/c1-23(26,21-13-18-8-3-5-12-20(18)27-21)15-24-22(25)14-17-10-6-9-16-7-2-4-11-19(16)17/h2-13,26H,14-15H2,1H3,(H,24,25)/t23-/m0/s1. The first kappa shape index (κ1) is 17.7. The first-order valence-corrected chi connectivity index (χ1v) is 9.79. The van der Waals surface area contributed by atoms with Gasteiger partial charge in [-0.2, -0.15) is 0 Å². The lowest BCUT2D eigenvalue weighted by Gasteiger charge is -2.22. The molecule has 3 nitrogen and oxygen atoms in total. The van der Waals surface area contributed by atoms with Gasteiger partial charge in [-0.1, -0.05) is 60.7 Å². The molecule has 0 aliphatic rings. The number of hydrogen-bond donors (Lipinski definition) is 2. The summed E-state index contributed by atoms with van der Waals surface area (Å²) in [5, 5.41) is 17.1. The minimum atomic E-state index is -1.10. The van der Waals surface area contributed by atoms with Crippen LogP contribution in [0, 0.1) is 0 Å². The van der Waals surface area contributed by atoms with Gasteiger partial charge in [0.1, 0.15) is 5.60 Å². The fourth-order valence-electron chi connectivity index (χ4n) is 3.29. The van der Waals surface area contributed by atoms with Crippen molar-refractivity contribution in [3.05, 3.63) is 83.2 Å². The van der Waals surface area contributed by atoms with Gasteiger partial charge in [-0.05, 0) is 40.8 Å². The molecule has 0 aliphatic heterocycles. The Balaban J connectivity index is 1.46. The van der Waals surface area contributed by atoms with Crippen molar-refractivity contribution in [1.82, 2.24) is 5.32 Å². The second-order valence-electron chi connectivity index (χ2n) is 7.01. The van der Waals surface area contributed by atoms with Crippen LogP contribution in [0.5, 0.6) is 0 Å². The van der Waals surface area contributed by atoms with Crippen LogP contribution in [-0.4, -0.2) is 17.6 Å². The lowest BCUT2D eigenvalue weighted by molar-refractivity contribution is -0.121. The molecular weight excluding hydrogens is 354 g/mol. The lowest BCUT2D eigenvalue weighted by atomic mass is 10.0. The molecule has 1 amide bonds. The molecule has 1 aromatic heterocycles. The van der Waals surface area contributed by atoms with Crippen molar-refractivity contribution in [1.29, 1.82) is 0 Å². The summed E-state index contributed by atoms with van der Waals surface area (Å²) in [5.74, 6) is -0.0901. The highest BCUT2D eigenvalue weighted by Gasteiger charge is 2.26. The fourth-order valence-corrected chi connectivity index (χ4v) is 4.39. The van der Waals surface area contributed by atoms with Crippen LogP contribution in [0.3, 0.4) is 0 Å². The van der Waals surface area contributed by atoms with Gasteiger partial charge in [-0.3, -0.25) is 4.79 Å². The highest BCUT2D eigenvalue weighted by Crippen LogP contribution is 2.32. The molecule has 4 aromatic rings. The molecule has 1 heterocycles. The van der Waals surface area contributed by atoms with E-state index >= 15 is 0 Å². The number of fused-ring (bicyclic) bond motifs is 2. The van der Waals surface area contributed by atoms with Crippen LogP contribution in [-0.2, 0) is 16.8 Å². The lowest BCUT2D eigenvalue weighted by Crippen LogP contribution is -2.38. The molecule has 0 spiro atoms. The van der Waals surface area contributed by atoms with Crippen LogP contribution >= 0.6 is 11.3 Å². The molecule has 27 heavy (non-hydrogen) atoms. The zero-order valence-electron chi connectivity index (χ0n) is 15.1. The largest absolute Gasteiger partial charge is 0.383 e. The van der Waals surface area contributed by atoms with E-state index in [0.29, 0.717) is 6.42 Å². The summed E-state index contributed by atoms with van der Waals surface area (Å²) >= 11 is 1.56. The summed E-state index contributed by atoms with van der Waals surface area (Å²) in [7, 11) is 0. The summed E-state index contributed by atoms with van der Waals surface area (Å²) in [6.45, 7) is 1.93. The molecule has 4 rings (SSSR count). The van der Waals surface area contributed by atoms with E-state index in [9.17, 15) is 9.90 Å². The second-order valence-corrected chi connectivity index (χ2v) is 8.10. The maximum absolute atomic E-state index is 12.5. The first-order chi connectivity index (χ1) is 13.0. The molecule has 0 saturated heterocycles. The summed E-state index contributed by atoms with van der Waals surface area (Å²) < 4.78 is 1.13. The van der Waals surface area contributed by atoms with Crippen molar-refractivity contribution < 1.29 is 9.90 Å². The van der Waals surface area contributed by atoms with Crippen molar-refractivity contribution in [2.45, 2.75) is 18.9 Å². The SMILES string of the molecule is C[C@](O)(CNC(=O)Cc1cccc2ccccc12)c1cc2ccccc2s1. The summed E-state index contributed by atoms with van der Waals surface area (Å²) in [5.41, 5.74) is -0.106. The van der Waals surface area contributed by atoms with Crippen molar-refractivity contribution >= 4 is 38.1 Å². The summed E-state index contributed by atoms with van der Waals surface area (Å²) in [4.78, 5) is 13.3. The summed E-state index contributed by atoms with van der Waals surface area (Å²) in [6.07, 6.45) is 0.295. The van der Waals surface area contributed by atoms with Crippen LogP contribution in [0.15, 0.2) is 72.8 Å². The van der Waals surface area contributed by atoms with E-state index in [1.807, 2.05) is 72.8 Å². The van der Waals surface area contributed by atoms with E-state index < -0.39 is 5.60 Å². The van der Waals surface area contributed by atoms with Crippen LogP contribution < -0.4 is 5.32 Å². The van der Waals surface area contributed by atoms with E-state index in [2.05, 4.69) is 5.32 Å². The third kappa shape index (κ3) is 3.72. The van der Waals surface area contributed by atoms with E-state index in [1.165, 1.54) is 0 Å². The van der Waals surface area contributed by atoms with Gasteiger partial charge < -0.3 is 10.4 Å². The Bertz CT molecular complexity index is 1080. The molecule has 0 aliphatic carbocycles. The fraction of sp³-hybridized carbons (Fsp3) is 0.174. The van der Waals surface area contributed by atoms with E-state index in [0.717, 1.165) is 31.3 Å². The monoisotopic (exact) mass is 375 g/mol. The molecular formula is C23H21NO2S. The van der Waals surface area contributed by atoms with Crippen molar-refractivity contribution in [3.8, 4) is 0 Å². The molecule has 136 valence electrons. The van der Waals surface area contributed by atoms with Gasteiger partial charge in [-0.15, -0.1) is 11.3 Å². The second kappa shape index (κ2) is 7.14. The number of hydrogen-bond acceptors (Lipinski definition) is 3. The number of benzene rings is 3. The average Bonchev–Trinajstić information content (AvgIpc) is 3.12. The molecule has 0 radical (unpaired) electrons. The minimum Gasteiger partial charge on any atom is -0.383 e. The zero-order valence-corrected chi connectivity index (χ0v) is 15.9. The quantitative estimate of drug-likeness (QED) is 0.535. The Morgan fingerprint density at radius 2 is 1.70 bits per heavy atom. The van der Waals surface area contributed by atoms with E-state index in [4.69, 9.17) is 0 Å². The third-order valence-electron chi connectivity index (χ3n) is 4.82. The van der Waals surface area contributed by atoms with Crippen molar-refractivity contribution in [3.63, 3.8) is 0 Å². The highest BCUT2D eigenvalue weighted by molar-refractivity contribution is 7.19. The zero-order chi connectivity index (χ0) is 18.9. The third-order valence-corrected chi connectivity index (χ3v) is 6.19. The Morgan fingerprint density at radius 3 is 2.52 bits per heavy atom. The molecule has 4 heteroatoms. The molecule has 3 aromatic carbocycles. The van der Waals surface area contributed by atoms with Crippen LogP contribution in [0.1, 0.15) is 17.4 Å². The Morgan fingerprint density at radius 1 is 1.00 bits per heavy atom. The topological polar surface area (TPSA) is 49.3 Å². The maximum Gasteiger partial charge on any atom is 0.224 e. The number of carbonyl (C=O) groups excluding carboxylic acids is 1. The molecule has 2 N–H and O–H groups in total. The number of amides is 1. The van der Waals surface area contributed by atoms with Gasteiger partial charge in [0.05, 0.1) is 13.0 Å².